The Labute approximate surface area is 890 Å². The zero-order valence-corrected chi connectivity index (χ0v) is 90.8. The summed E-state index contributed by atoms with van der Waals surface area (Å²) in [5, 5.41) is 4.22. The minimum atomic E-state index is -1.20. The largest absolute Gasteiger partial charge is 0.396 e. The van der Waals surface area contributed by atoms with Gasteiger partial charge in [-0.2, -0.15) is 0 Å². The summed E-state index contributed by atoms with van der Waals surface area (Å²) in [4.78, 5) is 62.1. The lowest BCUT2D eigenvalue weighted by Crippen LogP contribution is -1.99. The van der Waals surface area contributed by atoms with Crippen molar-refractivity contribution < 1.29 is 25.4 Å². The maximum absolute atomic E-state index is 13.5. The molecule has 0 unspecified atom stereocenters. The highest BCUT2D eigenvalue weighted by atomic mass is 32.2. The minimum absolute atomic E-state index is 0.174. The van der Waals surface area contributed by atoms with Crippen molar-refractivity contribution in [2.75, 3.05) is 74.6 Å². The Bertz CT molecular complexity index is 7780. The fourth-order valence-corrected chi connectivity index (χ4v) is 30.1. The highest BCUT2D eigenvalue weighted by Gasteiger charge is 2.29. The van der Waals surface area contributed by atoms with Gasteiger partial charge in [0.05, 0.1) is 111 Å². The molecule has 0 aliphatic rings. The number of pyridine rings is 7. The van der Waals surface area contributed by atoms with Crippen LogP contribution in [0.2, 0.25) is 0 Å². The van der Waals surface area contributed by atoms with Gasteiger partial charge < -0.3 is 45.9 Å². The Balaban J connectivity index is 0.000000132. The summed E-state index contributed by atoms with van der Waals surface area (Å²) in [5.74, 6) is 5.40. The van der Waals surface area contributed by atoms with Crippen LogP contribution in [0.25, 0.3) is 163 Å². The number of nitrogens with two attached hydrogens (primary N) is 8. The maximum Gasteiger partial charge on any atom is 0.219 e. The average molecular weight is 2160 g/mol. The number of nitrogen functional groups attached to an aromatic ring is 8. The predicted octanol–water partition coefficient (Wildman–Crippen LogP) is 25.8. The van der Waals surface area contributed by atoms with Gasteiger partial charge in [-0.25, -0.2) is 69.2 Å². The number of hydrogen-bond donors (Lipinski definition) is 8. The molecule has 20 rings (SSSR count). The summed E-state index contributed by atoms with van der Waals surface area (Å²) in [6.07, 6.45) is 24.9. The van der Waals surface area contributed by atoms with Crippen LogP contribution in [0.4, 0.5) is 50.4 Å². The van der Waals surface area contributed by atoms with E-state index in [2.05, 4.69) is 98.8 Å². The number of fused-ring (bicyclic) bond motifs is 5. The monoisotopic (exact) mass is 2160 g/mol. The number of rotatable bonds is 32. The molecule has 0 amide bonds. The molecule has 758 valence electrons. The number of anilines is 8. The van der Waals surface area contributed by atoms with Gasteiger partial charge in [-0.1, -0.05) is 214 Å². The molecule has 0 aliphatic carbocycles. The lowest BCUT2D eigenvalue weighted by Gasteiger charge is -2.09. The van der Waals surface area contributed by atoms with Gasteiger partial charge in [0.2, 0.25) is 5.95 Å². The van der Waals surface area contributed by atoms with Crippen LogP contribution in [-0.4, -0.2) is 115 Å². The minimum Gasteiger partial charge on any atom is -0.396 e. The van der Waals surface area contributed by atoms with Crippen LogP contribution in [0.15, 0.2) is 271 Å². The van der Waals surface area contributed by atoms with Gasteiger partial charge in [0.25, 0.3) is 0 Å². The van der Waals surface area contributed by atoms with Crippen LogP contribution >= 0.6 is 56.7 Å². The number of benzene rings is 5. The van der Waals surface area contributed by atoms with E-state index in [1.54, 1.807) is 49.1 Å². The van der Waals surface area contributed by atoms with E-state index in [4.69, 9.17) is 70.8 Å². The first-order chi connectivity index (χ1) is 71.9. The summed E-state index contributed by atoms with van der Waals surface area (Å²) >= 11 is 7.04. The fraction of sp³-hybridized carbons (Fsp3) is 0.216. The van der Waals surface area contributed by atoms with E-state index < -0.39 is 54.0 Å². The fourth-order valence-electron chi connectivity index (χ4n) is 16.1. The first kappa shape index (κ1) is 107. The topological polar surface area (TPSA) is 461 Å². The van der Waals surface area contributed by atoms with Gasteiger partial charge in [-0.15, -0.1) is 56.7 Å². The number of thiophene rings is 5. The molecule has 5 aromatic carbocycles. The molecular weight excluding hydrogens is 2050 g/mol. The molecule has 5 atom stereocenters. The van der Waals surface area contributed by atoms with E-state index in [0.29, 0.717) is 97.6 Å². The van der Waals surface area contributed by atoms with E-state index in [0.717, 1.165) is 244 Å². The Kier molecular flexibility index (Phi) is 36.4. The number of aryl methyl sites for hydroxylation is 2. The normalized spacial score (nSPS) is 12.3. The molecule has 15 aromatic heterocycles. The van der Waals surface area contributed by atoms with Crippen LogP contribution in [0.5, 0.6) is 0 Å². The van der Waals surface area contributed by atoms with E-state index >= 15 is 0 Å². The van der Waals surface area contributed by atoms with Crippen LogP contribution < -0.4 is 45.9 Å². The zero-order chi connectivity index (χ0) is 104. The van der Waals surface area contributed by atoms with E-state index in [-0.39, 0.29) is 11.8 Å². The molecule has 0 aliphatic heterocycles. The standard InChI is InChI=1S/2C23H24N4OS2.2C22H22N4OS2.C21H20FN5OS2/c2*1-3-5-11-30(28)23-21(24)20-17(15-9-7-6-8-10-15)12-18(27-22(20)29-23)16-13-25-19(4-2)26-14-16;2*1-2-3-11-29(27)22-20(24)19-16(14-7-5-4-6-8-14)12-17(26-21(19)28-22)15-9-10-18(23)25-13-15;1-2-3-8-30(28)20-18(23)17-15(12-4-6-14(22)7-5-12)9-16(27-19(17)29-20)13-10-25-21(24)26-11-13/h2*6-10,12-14H,3-5,11,24H2,1-2H3;2*4-10,12-13H,2-3,11,24H2,1H3,(H2,23,25);4-7,9-11H,2-3,8,23H2,1H3,(H2,24,25,26)/t2*30-;2*29-;30-/m10100/s1. The average Bonchev–Trinajstić information content (AvgIpc) is 1.62. The maximum atomic E-state index is 13.5. The Hall–Kier alpha value is -13.7. The molecule has 37 heteroatoms. The number of nitrogens with zero attached hydrogens (tertiary/aromatic N) is 13. The van der Waals surface area contributed by atoms with Gasteiger partial charge in [-0.05, 0) is 154 Å². The number of hydrogen-bond acceptors (Lipinski definition) is 31. The molecular formula is C111H112FN21O5S10. The van der Waals surface area contributed by atoms with Crippen LogP contribution in [0, 0.1) is 5.82 Å². The predicted molar refractivity (Wildman–Crippen MR) is 620 cm³/mol. The zero-order valence-electron chi connectivity index (χ0n) is 82.6. The molecule has 0 saturated heterocycles. The first-order valence-corrected chi connectivity index (χ1v) is 59.2. The smallest absolute Gasteiger partial charge is 0.219 e. The lowest BCUT2D eigenvalue weighted by atomic mass is 10.0. The van der Waals surface area contributed by atoms with Gasteiger partial charge in [-0.3, -0.25) is 21.0 Å². The van der Waals surface area contributed by atoms with Crippen molar-refractivity contribution in [1.82, 2.24) is 64.8 Å². The second kappa shape index (κ2) is 50.3. The molecule has 20 aromatic rings. The Morgan fingerprint density at radius 2 is 0.459 bits per heavy atom. The third kappa shape index (κ3) is 24.9. The third-order valence-electron chi connectivity index (χ3n) is 24.0. The highest BCUT2D eigenvalue weighted by Crippen LogP contribution is 2.50. The summed E-state index contributed by atoms with van der Waals surface area (Å²) in [6.45, 7) is 14.5. The highest BCUT2D eigenvalue weighted by molar-refractivity contribution is 7.89. The van der Waals surface area contributed by atoms with Crippen molar-refractivity contribution in [1.29, 1.82) is 0 Å². The van der Waals surface area contributed by atoms with Crippen molar-refractivity contribution in [3.05, 3.63) is 267 Å². The SMILES string of the molecule is CCCC[S@@](=O)c1sc2nc(-c3ccc(N)nc3)cc(-c3ccccc3)c2c1N.CCCC[S@@](=O)c1sc2nc(-c3cnc(CC)nc3)cc(-c3ccccc3)c2c1N.CCCC[S@](=O)c1sc2nc(-c3ccc(N)nc3)cc(-c3ccccc3)c2c1N.CCCC[S@](=O)c1sc2nc(-c3cnc(CC)nc3)cc(-c3ccccc3)c2c1N.CCCC[S@](=O)c1sc2nc(-c3cnc(N)nc3)cc(-c3ccc(F)cc3)c2c1N. The van der Waals surface area contributed by atoms with Crippen molar-refractivity contribution >= 4 is 208 Å². The number of aromatic nitrogens is 13. The molecule has 0 fully saturated rings. The Morgan fingerprint density at radius 3 is 0.676 bits per heavy atom. The number of halogens is 1. The summed E-state index contributed by atoms with van der Waals surface area (Å²) in [7, 11) is -5.68. The molecule has 148 heavy (non-hydrogen) atoms. The van der Waals surface area contributed by atoms with Crippen LogP contribution in [-0.2, 0) is 66.8 Å². The van der Waals surface area contributed by atoms with Crippen molar-refractivity contribution in [2.24, 2.45) is 0 Å². The molecule has 16 N–H and O–H groups in total. The molecule has 0 radical (unpaired) electrons. The van der Waals surface area contributed by atoms with Crippen LogP contribution in [0.3, 0.4) is 0 Å². The second-order valence-corrected chi connectivity index (χ2v) is 48.3. The number of unbranched alkanes of at least 4 members (excludes halogenated alkanes) is 5. The summed E-state index contributed by atoms with van der Waals surface area (Å²) in [6, 6.07) is 63.8. The lowest BCUT2D eigenvalue weighted by molar-refractivity contribution is 0.628. The van der Waals surface area contributed by atoms with Gasteiger partial charge in [0, 0.05) is 146 Å². The molecule has 0 bridgehead atoms. The summed E-state index contributed by atoms with van der Waals surface area (Å²) < 4.78 is 81.2. The first-order valence-electron chi connectivity index (χ1n) is 48.6. The molecule has 26 nitrogen and oxygen atoms in total. The third-order valence-corrected chi connectivity index (χ3v) is 39.0. The van der Waals surface area contributed by atoms with E-state index in [1.807, 2.05) is 178 Å². The summed E-state index contributed by atoms with van der Waals surface area (Å²) in [5.41, 5.74) is 70.0. The molecule has 0 spiro atoms. The molecule has 0 saturated carbocycles. The van der Waals surface area contributed by atoms with Crippen molar-refractivity contribution in [3.8, 4) is 112 Å². The second-order valence-electron chi connectivity index (χ2n) is 34.4. The van der Waals surface area contributed by atoms with E-state index in [1.165, 1.54) is 68.8 Å². The van der Waals surface area contributed by atoms with Crippen molar-refractivity contribution in [2.45, 2.75) is 147 Å². The van der Waals surface area contributed by atoms with Gasteiger partial charge >= 0.3 is 0 Å². The Morgan fingerprint density at radius 1 is 0.250 bits per heavy atom. The van der Waals surface area contributed by atoms with Crippen molar-refractivity contribution in [3.63, 3.8) is 0 Å². The van der Waals surface area contributed by atoms with Gasteiger partial charge in [0.15, 0.2) is 0 Å². The quantitative estimate of drug-likeness (QED) is 0.0194. The molecule has 15 heterocycles. The van der Waals surface area contributed by atoms with E-state index in [9.17, 15) is 25.4 Å². The van der Waals surface area contributed by atoms with Gasteiger partial charge in [0.1, 0.15) is 74.3 Å². The van der Waals surface area contributed by atoms with Crippen LogP contribution in [0.1, 0.15) is 124 Å².